The Morgan fingerprint density at radius 2 is 1.92 bits per heavy atom. The summed E-state index contributed by atoms with van der Waals surface area (Å²) in [7, 11) is -1.14. The fraction of sp³-hybridized carbons (Fsp3) is 0.619. The summed E-state index contributed by atoms with van der Waals surface area (Å²) in [6.45, 7) is 11.4. The highest BCUT2D eigenvalue weighted by Crippen LogP contribution is 2.24. The SMILES string of the molecule is C[SiH](C)OC(C#C[C@@H]1CC[C@@H](COc2ccc(F)cc2)O1)CC(C)(C)C. The van der Waals surface area contributed by atoms with Crippen LogP contribution in [0, 0.1) is 23.1 Å². The largest absolute Gasteiger partial charge is 0.491 e. The van der Waals surface area contributed by atoms with Gasteiger partial charge in [-0.15, -0.1) is 0 Å². The van der Waals surface area contributed by atoms with Gasteiger partial charge < -0.3 is 13.9 Å². The van der Waals surface area contributed by atoms with Gasteiger partial charge >= 0.3 is 0 Å². The Morgan fingerprint density at radius 1 is 1.23 bits per heavy atom. The van der Waals surface area contributed by atoms with Crippen molar-refractivity contribution in [3.05, 3.63) is 30.1 Å². The van der Waals surface area contributed by atoms with Crippen molar-refractivity contribution < 1.29 is 18.3 Å². The van der Waals surface area contributed by atoms with Crippen LogP contribution < -0.4 is 4.74 Å². The topological polar surface area (TPSA) is 27.7 Å². The number of hydrogen-bond acceptors (Lipinski definition) is 3. The third-order valence-electron chi connectivity index (χ3n) is 4.00. The van der Waals surface area contributed by atoms with Crippen LogP contribution in [0.2, 0.25) is 13.1 Å². The lowest BCUT2D eigenvalue weighted by atomic mass is 9.89. The van der Waals surface area contributed by atoms with E-state index < -0.39 is 9.04 Å². The molecule has 5 heteroatoms. The molecule has 26 heavy (non-hydrogen) atoms. The van der Waals surface area contributed by atoms with E-state index in [1.54, 1.807) is 12.1 Å². The van der Waals surface area contributed by atoms with Crippen LogP contribution in [-0.4, -0.2) is 34.0 Å². The quantitative estimate of drug-likeness (QED) is 0.536. The zero-order chi connectivity index (χ0) is 19.2. The summed E-state index contributed by atoms with van der Waals surface area (Å²) < 4.78 is 30.6. The maximum absolute atomic E-state index is 12.9. The van der Waals surface area contributed by atoms with Gasteiger partial charge in [0.25, 0.3) is 0 Å². The van der Waals surface area contributed by atoms with Gasteiger partial charge in [-0.25, -0.2) is 4.39 Å². The Morgan fingerprint density at radius 3 is 2.54 bits per heavy atom. The molecule has 1 fully saturated rings. The van der Waals surface area contributed by atoms with E-state index in [2.05, 4.69) is 45.7 Å². The maximum atomic E-state index is 12.9. The minimum atomic E-state index is -1.14. The van der Waals surface area contributed by atoms with Gasteiger partial charge in [-0.05, 0) is 62.0 Å². The molecule has 0 N–H and O–H groups in total. The second-order valence-corrected chi connectivity index (χ2v) is 10.7. The standard InChI is InChI=1S/C21H31FO3Si/c1-21(2,3)14-19(25-26(4)5)12-10-18-11-13-20(24-18)15-23-17-8-6-16(22)7-9-17/h6-9,18-20,26H,11,13-15H2,1-5H3/t18-,19?,20+/m1/s1. The Bertz CT molecular complexity index is 613. The summed E-state index contributed by atoms with van der Waals surface area (Å²) in [6.07, 6.45) is 2.71. The molecule has 144 valence electrons. The second-order valence-electron chi connectivity index (χ2n) is 8.32. The third-order valence-corrected chi connectivity index (χ3v) is 4.87. The van der Waals surface area contributed by atoms with E-state index in [0.717, 1.165) is 19.3 Å². The van der Waals surface area contributed by atoms with Gasteiger partial charge in [-0.3, -0.25) is 0 Å². The van der Waals surface area contributed by atoms with Crippen molar-refractivity contribution in [1.29, 1.82) is 0 Å². The molecule has 1 saturated heterocycles. The molecule has 1 aliphatic heterocycles. The molecule has 1 aromatic carbocycles. The highest BCUT2D eigenvalue weighted by molar-refractivity contribution is 6.48. The molecule has 0 radical (unpaired) electrons. The first-order valence-corrected chi connectivity index (χ1v) is 12.2. The van der Waals surface area contributed by atoms with Crippen LogP contribution in [0.25, 0.3) is 0 Å². The number of hydrogen-bond donors (Lipinski definition) is 0. The fourth-order valence-corrected chi connectivity index (χ4v) is 3.68. The lowest BCUT2D eigenvalue weighted by molar-refractivity contribution is 0.0418. The van der Waals surface area contributed by atoms with Crippen molar-refractivity contribution in [3.63, 3.8) is 0 Å². The zero-order valence-electron chi connectivity index (χ0n) is 16.5. The Labute approximate surface area is 159 Å². The summed E-state index contributed by atoms with van der Waals surface area (Å²) in [5, 5.41) is 0. The molecule has 2 rings (SSSR count). The zero-order valence-corrected chi connectivity index (χ0v) is 17.7. The highest BCUT2D eigenvalue weighted by Gasteiger charge is 2.25. The molecule has 1 aliphatic rings. The summed E-state index contributed by atoms with van der Waals surface area (Å²) in [5.74, 6) is 6.97. The smallest absolute Gasteiger partial charge is 0.172 e. The lowest BCUT2D eigenvalue weighted by Crippen LogP contribution is -2.25. The van der Waals surface area contributed by atoms with Gasteiger partial charge in [0, 0.05) is 0 Å². The van der Waals surface area contributed by atoms with Crippen LogP contribution in [0.1, 0.15) is 40.0 Å². The van der Waals surface area contributed by atoms with Gasteiger partial charge in [0.15, 0.2) is 9.04 Å². The van der Waals surface area contributed by atoms with E-state index in [9.17, 15) is 4.39 Å². The van der Waals surface area contributed by atoms with E-state index in [-0.39, 0.29) is 29.5 Å². The Hall–Kier alpha value is -1.35. The van der Waals surface area contributed by atoms with Gasteiger partial charge in [-0.2, -0.15) is 0 Å². The first-order valence-electron chi connectivity index (χ1n) is 9.41. The summed E-state index contributed by atoms with van der Waals surface area (Å²) in [5.41, 5.74) is 0.185. The van der Waals surface area contributed by atoms with Gasteiger partial charge in [0.1, 0.15) is 30.4 Å². The molecular formula is C21H31FO3Si. The third kappa shape index (κ3) is 7.90. The molecule has 0 aromatic heterocycles. The molecule has 0 amide bonds. The number of halogens is 1. The average molecular weight is 379 g/mol. The Balaban J connectivity index is 1.83. The van der Waals surface area contributed by atoms with Crippen LogP contribution in [0.15, 0.2) is 24.3 Å². The van der Waals surface area contributed by atoms with Gasteiger partial charge in [0.05, 0.1) is 6.10 Å². The molecule has 0 aliphatic carbocycles. The van der Waals surface area contributed by atoms with E-state index in [1.807, 2.05) is 0 Å². The van der Waals surface area contributed by atoms with Gasteiger partial charge in [0.2, 0.25) is 0 Å². The molecule has 0 bridgehead atoms. The van der Waals surface area contributed by atoms with Crippen molar-refractivity contribution in [2.45, 2.75) is 71.4 Å². The number of ether oxygens (including phenoxy) is 2. The van der Waals surface area contributed by atoms with Crippen molar-refractivity contribution in [2.75, 3.05) is 6.61 Å². The first kappa shape index (κ1) is 21.0. The molecule has 0 saturated carbocycles. The molecule has 3 atom stereocenters. The molecule has 1 heterocycles. The van der Waals surface area contributed by atoms with E-state index in [4.69, 9.17) is 13.9 Å². The normalized spacial score (nSPS) is 21.3. The van der Waals surface area contributed by atoms with E-state index in [1.165, 1.54) is 12.1 Å². The highest BCUT2D eigenvalue weighted by atomic mass is 28.3. The predicted octanol–water partition coefficient (Wildman–Crippen LogP) is 4.56. The monoisotopic (exact) mass is 378 g/mol. The minimum absolute atomic E-state index is 0.0141. The molecular weight excluding hydrogens is 347 g/mol. The van der Waals surface area contributed by atoms with Crippen molar-refractivity contribution >= 4 is 9.04 Å². The maximum Gasteiger partial charge on any atom is 0.172 e. The first-order chi connectivity index (χ1) is 12.2. The molecule has 3 nitrogen and oxygen atoms in total. The Kier molecular flexibility index (Phi) is 7.69. The summed E-state index contributed by atoms with van der Waals surface area (Å²) in [4.78, 5) is 0. The minimum Gasteiger partial charge on any atom is -0.491 e. The molecule has 1 unspecified atom stereocenters. The van der Waals surface area contributed by atoms with Crippen LogP contribution >= 0.6 is 0 Å². The van der Waals surface area contributed by atoms with Crippen molar-refractivity contribution in [2.24, 2.45) is 5.41 Å². The fourth-order valence-electron chi connectivity index (χ4n) is 2.86. The number of benzene rings is 1. The summed E-state index contributed by atoms with van der Waals surface area (Å²) >= 11 is 0. The van der Waals surface area contributed by atoms with Crippen LogP contribution in [0.4, 0.5) is 4.39 Å². The lowest BCUT2D eigenvalue weighted by Gasteiger charge is -2.24. The number of rotatable bonds is 6. The molecule has 0 spiro atoms. The molecule has 1 aromatic rings. The predicted molar refractivity (Wildman–Crippen MR) is 105 cm³/mol. The second kappa shape index (κ2) is 9.54. The van der Waals surface area contributed by atoms with E-state index >= 15 is 0 Å². The van der Waals surface area contributed by atoms with Crippen molar-refractivity contribution in [3.8, 4) is 17.6 Å². The van der Waals surface area contributed by atoms with Crippen LogP contribution in [-0.2, 0) is 9.16 Å². The average Bonchev–Trinajstić information content (AvgIpc) is 2.98. The summed E-state index contributed by atoms with van der Waals surface area (Å²) in [6, 6.07) is 6.05. The van der Waals surface area contributed by atoms with Crippen LogP contribution in [0.5, 0.6) is 5.75 Å². The van der Waals surface area contributed by atoms with Crippen molar-refractivity contribution in [1.82, 2.24) is 0 Å². The van der Waals surface area contributed by atoms with Gasteiger partial charge in [-0.1, -0.05) is 32.6 Å². The van der Waals surface area contributed by atoms with Crippen LogP contribution in [0.3, 0.4) is 0 Å². The van der Waals surface area contributed by atoms with E-state index in [0.29, 0.717) is 12.4 Å².